The molecule has 0 aliphatic rings. The van der Waals surface area contributed by atoms with E-state index in [9.17, 15) is 5.26 Å². The van der Waals surface area contributed by atoms with Gasteiger partial charge < -0.3 is 5.32 Å². The lowest BCUT2D eigenvalue weighted by molar-refractivity contribution is 0.532. The van der Waals surface area contributed by atoms with Crippen molar-refractivity contribution in [3.05, 3.63) is 108 Å². The number of nitrogens with zero attached hydrogens (tertiary/aromatic N) is 1. The molecule has 1 N–H and O–H groups in total. The first kappa shape index (κ1) is 18.8. The molecule has 4 aromatic carbocycles. The number of rotatable bonds is 6. The molecule has 2 nitrogen and oxygen atoms in total. The van der Waals surface area contributed by atoms with Gasteiger partial charge in [-0.1, -0.05) is 79.7 Å². The summed E-state index contributed by atoms with van der Waals surface area (Å²) in [5.74, 6) is 0. The summed E-state index contributed by atoms with van der Waals surface area (Å²) in [4.78, 5) is 0. The monoisotopic (exact) mass is 376 g/mol. The van der Waals surface area contributed by atoms with Crippen LogP contribution in [0, 0.1) is 11.3 Å². The van der Waals surface area contributed by atoms with Gasteiger partial charge in [0.1, 0.15) is 0 Å². The molecule has 0 amide bonds. The van der Waals surface area contributed by atoms with Crippen LogP contribution in [0.5, 0.6) is 0 Å². The Morgan fingerprint density at radius 1 is 0.759 bits per heavy atom. The lowest BCUT2D eigenvalue weighted by atomic mass is 9.71. The number of hydrogen-bond donors (Lipinski definition) is 1. The average Bonchev–Trinajstić information content (AvgIpc) is 2.78. The van der Waals surface area contributed by atoms with Crippen molar-refractivity contribution in [2.75, 3.05) is 5.32 Å². The van der Waals surface area contributed by atoms with Gasteiger partial charge in [0.25, 0.3) is 0 Å². The van der Waals surface area contributed by atoms with E-state index in [1.807, 2.05) is 18.2 Å². The number of benzene rings is 4. The van der Waals surface area contributed by atoms with Crippen LogP contribution >= 0.6 is 0 Å². The lowest BCUT2D eigenvalue weighted by Crippen LogP contribution is -2.24. The van der Waals surface area contributed by atoms with E-state index in [0.29, 0.717) is 6.42 Å². The van der Waals surface area contributed by atoms with Crippen molar-refractivity contribution in [1.29, 1.82) is 5.26 Å². The Labute approximate surface area is 172 Å². The molecule has 1 atom stereocenters. The summed E-state index contributed by atoms with van der Waals surface area (Å²) in [6.45, 7) is 2.26. The predicted molar refractivity (Wildman–Crippen MR) is 121 cm³/mol. The summed E-state index contributed by atoms with van der Waals surface area (Å²) in [5, 5.41) is 15.2. The minimum atomic E-state index is -0.234. The predicted octanol–water partition coefficient (Wildman–Crippen LogP) is 7.19. The summed E-state index contributed by atoms with van der Waals surface area (Å²) in [5.41, 5.74) is 4.39. The zero-order valence-electron chi connectivity index (χ0n) is 16.6. The number of anilines is 2. The van der Waals surface area contributed by atoms with Gasteiger partial charge >= 0.3 is 0 Å². The summed E-state index contributed by atoms with van der Waals surface area (Å²) >= 11 is 0. The van der Waals surface area contributed by atoms with E-state index < -0.39 is 0 Å². The second-order valence-corrected chi connectivity index (χ2v) is 7.59. The molecular formula is C27H24N2. The van der Waals surface area contributed by atoms with Crippen molar-refractivity contribution < 1.29 is 0 Å². The maximum atomic E-state index is 9.28. The van der Waals surface area contributed by atoms with Gasteiger partial charge in [-0.2, -0.15) is 5.26 Å². The van der Waals surface area contributed by atoms with Crippen LogP contribution in [0.2, 0.25) is 0 Å². The number of para-hydroxylation sites is 1. The van der Waals surface area contributed by atoms with Crippen molar-refractivity contribution in [1.82, 2.24) is 0 Å². The van der Waals surface area contributed by atoms with Gasteiger partial charge in [-0.15, -0.1) is 0 Å². The van der Waals surface area contributed by atoms with E-state index in [0.717, 1.165) is 17.8 Å². The average molecular weight is 377 g/mol. The minimum absolute atomic E-state index is 0.234. The molecule has 4 aromatic rings. The van der Waals surface area contributed by atoms with E-state index >= 15 is 0 Å². The molecule has 4 rings (SSSR count). The fraction of sp³-hybridized carbons (Fsp3) is 0.148. The van der Waals surface area contributed by atoms with Crippen LogP contribution < -0.4 is 5.32 Å². The van der Waals surface area contributed by atoms with Crippen LogP contribution in [-0.2, 0) is 5.41 Å². The summed E-state index contributed by atoms with van der Waals surface area (Å²) in [6, 6.07) is 36.1. The largest absolute Gasteiger partial charge is 0.356 e. The Morgan fingerprint density at radius 3 is 2.17 bits per heavy atom. The quantitative estimate of drug-likeness (QED) is 0.386. The molecule has 1 unspecified atom stereocenters. The van der Waals surface area contributed by atoms with Gasteiger partial charge in [0.15, 0.2) is 0 Å². The SMILES string of the molecule is CC(CCC#N)(c1ccc(Nc2ccccc2)cc1)c1cccc2ccccc12. The van der Waals surface area contributed by atoms with Crippen molar-refractivity contribution >= 4 is 22.1 Å². The number of fused-ring (bicyclic) bond motifs is 1. The molecule has 0 aliphatic carbocycles. The first-order valence-corrected chi connectivity index (χ1v) is 9.98. The molecule has 2 heteroatoms. The zero-order chi connectivity index (χ0) is 20.1. The van der Waals surface area contributed by atoms with Crippen LogP contribution in [0.4, 0.5) is 11.4 Å². The van der Waals surface area contributed by atoms with E-state index in [1.165, 1.54) is 21.9 Å². The van der Waals surface area contributed by atoms with E-state index in [1.54, 1.807) is 0 Å². The highest BCUT2D eigenvalue weighted by Gasteiger charge is 2.30. The zero-order valence-corrected chi connectivity index (χ0v) is 16.6. The Hall–Kier alpha value is -3.57. The van der Waals surface area contributed by atoms with Gasteiger partial charge in [-0.25, -0.2) is 0 Å². The standard InChI is InChI=1S/C27H24N2/c1-27(19-8-20-28,26-14-7-10-21-9-5-6-13-25(21)26)22-15-17-24(18-16-22)29-23-11-3-2-4-12-23/h2-7,9-18,29H,8,19H2,1H3. The molecule has 142 valence electrons. The van der Waals surface area contributed by atoms with Crippen molar-refractivity contribution in [2.24, 2.45) is 0 Å². The van der Waals surface area contributed by atoms with Crippen LogP contribution in [0.3, 0.4) is 0 Å². The van der Waals surface area contributed by atoms with Gasteiger partial charge in [-0.05, 0) is 52.6 Å². The fourth-order valence-corrected chi connectivity index (χ4v) is 4.06. The topological polar surface area (TPSA) is 35.8 Å². The second kappa shape index (κ2) is 8.20. The Morgan fingerprint density at radius 2 is 1.41 bits per heavy atom. The molecule has 0 saturated carbocycles. The lowest BCUT2D eigenvalue weighted by Gasteiger charge is -2.32. The molecule has 0 bridgehead atoms. The Balaban J connectivity index is 1.74. The molecule has 0 radical (unpaired) electrons. The Bertz CT molecular complexity index is 1140. The van der Waals surface area contributed by atoms with E-state index in [4.69, 9.17) is 0 Å². The minimum Gasteiger partial charge on any atom is -0.356 e. The van der Waals surface area contributed by atoms with Crippen LogP contribution in [0.1, 0.15) is 30.9 Å². The number of nitrogens with one attached hydrogen (secondary N) is 1. The molecule has 0 saturated heterocycles. The molecule has 29 heavy (non-hydrogen) atoms. The first-order valence-electron chi connectivity index (χ1n) is 9.98. The summed E-state index contributed by atoms with van der Waals surface area (Å²) < 4.78 is 0. The second-order valence-electron chi connectivity index (χ2n) is 7.59. The highest BCUT2D eigenvalue weighted by molar-refractivity contribution is 5.87. The summed E-state index contributed by atoms with van der Waals surface area (Å²) in [6.07, 6.45) is 1.30. The van der Waals surface area contributed by atoms with E-state index in [2.05, 4.69) is 97.2 Å². The molecular weight excluding hydrogens is 352 g/mol. The van der Waals surface area contributed by atoms with Crippen molar-refractivity contribution in [3.8, 4) is 6.07 Å². The van der Waals surface area contributed by atoms with Gasteiger partial charge in [0.05, 0.1) is 6.07 Å². The van der Waals surface area contributed by atoms with Crippen LogP contribution in [-0.4, -0.2) is 0 Å². The maximum absolute atomic E-state index is 9.28. The van der Waals surface area contributed by atoms with Crippen molar-refractivity contribution in [2.45, 2.75) is 25.2 Å². The van der Waals surface area contributed by atoms with Gasteiger partial charge in [0.2, 0.25) is 0 Å². The molecule has 0 fully saturated rings. The molecule has 0 spiro atoms. The van der Waals surface area contributed by atoms with E-state index in [-0.39, 0.29) is 5.41 Å². The van der Waals surface area contributed by atoms with Crippen LogP contribution in [0.15, 0.2) is 97.1 Å². The number of hydrogen-bond acceptors (Lipinski definition) is 2. The Kier molecular flexibility index (Phi) is 5.31. The molecule has 0 aromatic heterocycles. The smallest absolute Gasteiger partial charge is 0.0622 e. The highest BCUT2D eigenvalue weighted by atomic mass is 14.9. The van der Waals surface area contributed by atoms with Gasteiger partial charge in [-0.3, -0.25) is 0 Å². The third-order valence-electron chi connectivity index (χ3n) is 5.71. The highest BCUT2D eigenvalue weighted by Crippen LogP contribution is 2.40. The van der Waals surface area contributed by atoms with Crippen molar-refractivity contribution in [3.63, 3.8) is 0 Å². The fourth-order valence-electron chi connectivity index (χ4n) is 4.06. The van der Waals surface area contributed by atoms with Crippen LogP contribution in [0.25, 0.3) is 10.8 Å². The normalized spacial score (nSPS) is 12.8. The summed E-state index contributed by atoms with van der Waals surface area (Å²) in [7, 11) is 0. The molecule has 0 aliphatic heterocycles. The maximum Gasteiger partial charge on any atom is 0.0622 e. The van der Waals surface area contributed by atoms with Gasteiger partial charge in [0, 0.05) is 23.2 Å². The molecule has 0 heterocycles. The third kappa shape index (κ3) is 3.86. The first-order chi connectivity index (χ1) is 14.2. The number of nitriles is 1. The third-order valence-corrected chi connectivity index (χ3v) is 5.71.